The molecular formula is C29H24ClF3N4O6S. The van der Waals surface area contributed by atoms with Crippen LogP contribution in [0.3, 0.4) is 0 Å². The molecule has 0 radical (unpaired) electrons. The van der Waals surface area contributed by atoms with Crippen LogP contribution < -0.4 is 10.6 Å². The highest BCUT2D eigenvalue weighted by molar-refractivity contribution is 8.18. The Kier molecular flexibility index (Phi) is 10.3. The number of nitrogens with zero attached hydrogens (tertiary/aromatic N) is 2. The van der Waals surface area contributed by atoms with Crippen molar-refractivity contribution in [3.63, 3.8) is 0 Å². The van der Waals surface area contributed by atoms with Crippen molar-refractivity contribution >= 4 is 80.6 Å². The molecule has 230 valence electrons. The number of thioether (sulfide) groups is 1. The summed E-state index contributed by atoms with van der Waals surface area (Å²) < 4.78 is 36.8. The van der Waals surface area contributed by atoms with Gasteiger partial charge in [-0.1, -0.05) is 24.1 Å². The predicted octanol–water partition coefficient (Wildman–Crippen LogP) is 6.33. The van der Waals surface area contributed by atoms with Crippen molar-refractivity contribution in [3.8, 4) is 0 Å². The average molecular weight is 649 g/mol. The molecule has 0 bridgehead atoms. The first-order chi connectivity index (χ1) is 20.8. The standard InChI is InChI=1S/C27H23ClN4O4S.C2HF3O2/c1-2-36-26(35)18-12-17-10-15(6-9-21(17)29-14-18)11-23-25(34)32-27(37-23)31-22-13-19(7-8-20(22)28)30-24(33)16-4-3-5-16;3-2(4,5)1(6)7/h6-14,16H,2-5H2,1H3,(H,30,33)(H,31,32,34);(H,6,7)/b23-11-;. The van der Waals surface area contributed by atoms with Gasteiger partial charge in [0.1, 0.15) is 0 Å². The van der Waals surface area contributed by atoms with Gasteiger partial charge in [0, 0.05) is 23.2 Å². The van der Waals surface area contributed by atoms with Gasteiger partial charge in [0.2, 0.25) is 5.91 Å². The number of anilines is 1. The molecule has 3 N–H and O–H groups in total. The monoisotopic (exact) mass is 648 g/mol. The zero-order valence-electron chi connectivity index (χ0n) is 22.9. The molecule has 0 spiro atoms. The second kappa shape index (κ2) is 13.9. The molecule has 1 saturated carbocycles. The number of nitrogens with one attached hydrogen (secondary N) is 2. The van der Waals surface area contributed by atoms with Crippen molar-refractivity contribution in [2.24, 2.45) is 10.9 Å². The van der Waals surface area contributed by atoms with Gasteiger partial charge >= 0.3 is 18.1 Å². The van der Waals surface area contributed by atoms with E-state index in [0.29, 0.717) is 32.0 Å². The van der Waals surface area contributed by atoms with Crippen molar-refractivity contribution < 1.29 is 42.2 Å². The van der Waals surface area contributed by atoms with Gasteiger partial charge in [-0.3, -0.25) is 14.6 Å². The average Bonchev–Trinajstić information content (AvgIpc) is 3.27. The normalized spacial score (nSPS) is 16.6. The summed E-state index contributed by atoms with van der Waals surface area (Å²) in [6.45, 7) is 2.03. The van der Waals surface area contributed by atoms with Crippen LogP contribution in [0.5, 0.6) is 0 Å². The van der Waals surface area contributed by atoms with Gasteiger partial charge in [0.25, 0.3) is 5.91 Å². The van der Waals surface area contributed by atoms with Gasteiger partial charge in [0.05, 0.1) is 33.3 Å². The van der Waals surface area contributed by atoms with Gasteiger partial charge in [-0.15, -0.1) is 0 Å². The fourth-order valence-electron chi connectivity index (χ4n) is 3.90. The van der Waals surface area contributed by atoms with Crippen LogP contribution in [-0.4, -0.2) is 51.8 Å². The number of hydrogen-bond donors (Lipinski definition) is 3. The molecule has 2 amide bonds. The van der Waals surface area contributed by atoms with Crippen LogP contribution in [0.2, 0.25) is 5.02 Å². The molecule has 2 aromatic carbocycles. The smallest absolute Gasteiger partial charge is 0.475 e. The first kappa shape index (κ1) is 32.5. The molecule has 1 aromatic heterocycles. The SMILES string of the molecule is CCOC(=O)c1cnc2ccc(/C=C3\SC(=Nc4cc(NC(=O)C5CCC5)ccc4Cl)NC3=O)cc2c1.O=C(O)C(F)(F)F. The van der Waals surface area contributed by atoms with E-state index in [4.69, 9.17) is 26.2 Å². The van der Waals surface area contributed by atoms with Crippen molar-refractivity contribution in [2.45, 2.75) is 32.4 Å². The first-order valence-electron chi connectivity index (χ1n) is 13.1. The maximum atomic E-state index is 12.6. The summed E-state index contributed by atoms with van der Waals surface area (Å²) in [6.07, 6.45) is 1.05. The molecule has 2 heterocycles. The molecule has 1 saturated heterocycles. The summed E-state index contributed by atoms with van der Waals surface area (Å²) in [7, 11) is 0. The van der Waals surface area contributed by atoms with Crippen LogP contribution in [0.25, 0.3) is 17.0 Å². The van der Waals surface area contributed by atoms with Gasteiger partial charge in [-0.2, -0.15) is 13.2 Å². The molecule has 2 fully saturated rings. The van der Waals surface area contributed by atoms with E-state index in [2.05, 4.69) is 20.6 Å². The number of amides is 2. The number of fused-ring (bicyclic) bond motifs is 1. The third-order valence-electron chi connectivity index (χ3n) is 6.32. The molecule has 2 aliphatic rings. The highest BCUT2D eigenvalue weighted by Gasteiger charge is 2.38. The van der Waals surface area contributed by atoms with Gasteiger partial charge in [-0.25, -0.2) is 14.6 Å². The minimum Gasteiger partial charge on any atom is -0.475 e. The third-order valence-corrected chi connectivity index (χ3v) is 7.55. The van der Waals surface area contributed by atoms with Crippen molar-refractivity contribution in [3.05, 3.63) is 69.7 Å². The number of pyridine rings is 1. The van der Waals surface area contributed by atoms with E-state index < -0.39 is 18.1 Å². The van der Waals surface area contributed by atoms with Crippen LogP contribution in [0.1, 0.15) is 42.1 Å². The minimum atomic E-state index is -5.08. The number of benzene rings is 2. The Morgan fingerprint density at radius 3 is 2.57 bits per heavy atom. The lowest BCUT2D eigenvalue weighted by molar-refractivity contribution is -0.192. The maximum Gasteiger partial charge on any atom is 0.490 e. The second-order valence-corrected chi connectivity index (χ2v) is 10.9. The van der Waals surface area contributed by atoms with Gasteiger partial charge in [0.15, 0.2) is 5.17 Å². The number of halogens is 4. The van der Waals surface area contributed by atoms with E-state index in [1.165, 1.54) is 18.0 Å². The summed E-state index contributed by atoms with van der Waals surface area (Å²) in [5, 5.41) is 14.3. The van der Waals surface area contributed by atoms with Crippen molar-refractivity contribution in [2.75, 3.05) is 11.9 Å². The number of esters is 1. The summed E-state index contributed by atoms with van der Waals surface area (Å²) in [4.78, 5) is 55.1. The summed E-state index contributed by atoms with van der Waals surface area (Å²) in [5.74, 6) is -3.41. The zero-order valence-corrected chi connectivity index (χ0v) is 24.5. The Hall–Kier alpha value is -4.43. The van der Waals surface area contributed by atoms with Crippen LogP contribution >= 0.6 is 23.4 Å². The van der Waals surface area contributed by atoms with E-state index in [-0.39, 0.29) is 24.3 Å². The fraction of sp³-hybridized carbons (Fsp3) is 0.241. The molecule has 0 atom stereocenters. The van der Waals surface area contributed by atoms with Crippen molar-refractivity contribution in [1.82, 2.24) is 10.3 Å². The quantitative estimate of drug-likeness (QED) is 0.208. The number of aliphatic imine (C=N–C) groups is 1. The molecule has 44 heavy (non-hydrogen) atoms. The number of amidine groups is 1. The molecule has 5 rings (SSSR count). The summed E-state index contributed by atoms with van der Waals surface area (Å²) >= 11 is 7.52. The number of carbonyl (C=O) groups is 4. The second-order valence-electron chi connectivity index (χ2n) is 9.46. The van der Waals surface area contributed by atoms with Gasteiger partial charge < -0.3 is 20.5 Å². The summed E-state index contributed by atoms with van der Waals surface area (Å²) in [5.41, 5.74) is 2.91. The molecular weight excluding hydrogens is 625 g/mol. The largest absolute Gasteiger partial charge is 0.490 e. The number of ether oxygens (including phenoxy) is 1. The number of carbonyl (C=O) groups excluding carboxylic acids is 3. The number of aliphatic carboxylic acids is 1. The maximum absolute atomic E-state index is 12.6. The van der Waals surface area contributed by atoms with Crippen LogP contribution in [-0.2, 0) is 19.1 Å². The van der Waals surface area contributed by atoms with E-state index in [0.717, 1.165) is 35.7 Å². The number of aromatic nitrogens is 1. The lowest BCUT2D eigenvalue weighted by Gasteiger charge is -2.24. The number of hydrogen-bond acceptors (Lipinski definition) is 8. The molecule has 10 nitrogen and oxygen atoms in total. The highest BCUT2D eigenvalue weighted by atomic mass is 35.5. The third kappa shape index (κ3) is 8.35. The van der Waals surface area contributed by atoms with Crippen LogP contribution in [0, 0.1) is 5.92 Å². The van der Waals surface area contributed by atoms with Crippen molar-refractivity contribution in [1.29, 1.82) is 0 Å². The van der Waals surface area contributed by atoms with E-state index in [1.54, 1.807) is 37.3 Å². The number of carboxylic acid groups (broad SMARTS) is 1. The molecule has 3 aromatic rings. The Balaban J connectivity index is 0.000000566. The Morgan fingerprint density at radius 1 is 1.20 bits per heavy atom. The first-order valence-corrected chi connectivity index (χ1v) is 14.3. The minimum absolute atomic E-state index is 0.000834. The molecule has 15 heteroatoms. The van der Waals surface area contributed by atoms with Gasteiger partial charge in [-0.05, 0) is 79.6 Å². The highest BCUT2D eigenvalue weighted by Crippen LogP contribution is 2.34. The molecule has 0 unspecified atom stereocenters. The number of alkyl halides is 3. The molecule has 1 aliphatic carbocycles. The lowest BCUT2D eigenvalue weighted by Crippen LogP contribution is -2.27. The molecule has 1 aliphatic heterocycles. The van der Waals surface area contributed by atoms with Crippen LogP contribution in [0.15, 0.2) is 58.6 Å². The predicted molar refractivity (Wildman–Crippen MR) is 160 cm³/mol. The Bertz CT molecular complexity index is 1690. The van der Waals surface area contributed by atoms with E-state index in [9.17, 15) is 27.6 Å². The number of carboxylic acids is 1. The Morgan fingerprint density at radius 2 is 1.93 bits per heavy atom. The Labute approximate surface area is 257 Å². The fourth-order valence-corrected chi connectivity index (χ4v) is 4.89. The lowest BCUT2D eigenvalue weighted by atomic mass is 9.85. The number of rotatable bonds is 6. The van der Waals surface area contributed by atoms with Crippen LogP contribution in [0.4, 0.5) is 24.5 Å². The van der Waals surface area contributed by atoms with E-state index >= 15 is 0 Å². The van der Waals surface area contributed by atoms with E-state index in [1.807, 2.05) is 18.2 Å². The zero-order chi connectivity index (χ0) is 32.0. The summed E-state index contributed by atoms with van der Waals surface area (Å²) in [6, 6.07) is 12.3. The topological polar surface area (TPSA) is 147 Å².